The van der Waals surface area contributed by atoms with Gasteiger partial charge < -0.3 is 4.74 Å². The first-order chi connectivity index (χ1) is 7.63. The maximum absolute atomic E-state index is 10.9. The molecular weight excluding hydrogens is 206 g/mol. The average Bonchev–Trinajstić information content (AvgIpc) is 2.27. The van der Waals surface area contributed by atoms with Crippen LogP contribution in [0.15, 0.2) is 23.8 Å². The Morgan fingerprint density at radius 3 is 3.00 bits per heavy atom. The lowest BCUT2D eigenvalue weighted by Gasteiger charge is -2.21. The smallest absolute Gasteiger partial charge is 0.413 e. The minimum Gasteiger partial charge on any atom is -0.445 e. The highest BCUT2D eigenvalue weighted by Crippen LogP contribution is 2.28. The number of imide groups is 1. The molecule has 2 amide bonds. The van der Waals surface area contributed by atoms with Crippen molar-refractivity contribution >= 4 is 12.5 Å². The SMILES string of the molecule is C=C(C)C1CC=C(COC(=O)NC=O)CC1. The van der Waals surface area contributed by atoms with Gasteiger partial charge in [-0.25, -0.2) is 4.79 Å². The summed E-state index contributed by atoms with van der Waals surface area (Å²) in [4.78, 5) is 20.8. The van der Waals surface area contributed by atoms with Crippen molar-refractivity contribution in [3.8, 4) is 0 Å². The first-order valence-electron chi connectivity index (χ1n) is 5.33. The quantitative estimate of drug-likeness (QED) is 0.587. The Bertz CT molecular complexity index is 320. The van der Waals surface area contributed by atoms with Crippen LogP contribution in [0.25, 0.3) is 0 Å². The summed E-state index contributed by atoms with van der Waals surface area (Å²) in [7, 11) is 0. The molecule has 0 saturated carbocycles. The van der Waals surface area contributed by atoms with Gasteiger partial charge in [0.1, 0.15) is 6.61 Å². The standard InChI is InChI=1S/C12H17NO3/c1-9(2)11-5-3-10(4-6-11)7-16-12(15)13-8-14/h3,8,11H,1,4-7H2,2H3,(H,13,14,15). The zero-order chi connectivity index (χ0) is 12.0. The second kappa shape index (κ2) is 6.10. The van der Waals surface area contributed by atoms with Crippen LogP contribution >= 0.6 is 0 Å². The van der Waals surface area contributed by atoms with Gasteiger partial charge in [0, 0.05) is 0 Å². The van der Waals surface area contributed by atoms with E-state index in [1.165, 1.54) is 5.57 Å². The van der Waals surface area contributed by atoms with E-state index in [0.717, 1.165) is 24.8 Å². The lowest BCUT2D eigenvalue weighted by molar-refractivity contribution is -0.109. The predicted molar refractivity (Wildman–Crippen MR) is 60.8 cm³/mol. The van der Waals surface area contributed by atoms with E-state index >= 15 is 0 Å². The second-order valence-electron chi connectivity index (χ2n) is 4.02. The van der Waals surface area contributed by atoms with Crippen LogP contribution in [-0.4, -0.2) is 19.1 Å². The van der Waals surface area contributed by atoms with Gasteiger partial charge in [0.15, 0.2) is 0 Å². The van der Waals surface area contributed by atoms with Crippen LogP contribution < -0.4 is 5.32 Å². The van der Waals surface area contributed by atoms with Crippen molar-refractivity contribution in [1.82, 2.24) is 5.32 Å². The molecule has 0 saturated heterocycles. The normalized spacial score (nSPS) is 19.6. The first-order valence-corrected chi connectivity index (χ1v) is 5.33. The molecule has 1 aliphatic rings. The fraction of sp³-hybridized carbons (Fsp3) is 0.500. The molecule has 0 spiro atoms. The van der Waals surface area contributed by atoms with E-state index in [1.54, 1.807) is 0 Å². The van der Waals surface area contributed by atoms with Gasteiger partial charge in [-0.3, -0.25) is 10.1 Å². The van der Waals surface area contributed by atoms with Crippen molar-refractivity contribution in [2.45, 2.75) is 26.2 Å². The summed E-state index contributed by atoms with van der Waals surface area (Å²) < 4.78 is 4.85. The Labute approximate surface area is 95.4 Å². The topological polar surface area (TPSA) is 55.4 Å². The molecule has 16 heavy (non-hydrogen) atoms. The molecule has 1 atom stereocenters. The summed E-state index contributed by atoms with van der Waals surface area (Å²) in [5.74, 6) is 0.549. The van der Waals surface area contributed by atoms with E-state index in [-0.39, 0.29) is 6.61 Å². The van der Waals surface area contributed by atoms with Crippen LogP contribution in [0, 0.1) is 5.92 Å². The molecule has 1 rings (SSSR count). The monoisotopic (exact) mass is 223 g/mol. The van der Waals surface area contributed by atoms with Gasteiger partial charge >= 0.3 is 6.09 Å². The number of nitrogens with one attached hydrogen (secondary N) is 1. The van der Waals surface area contributed by atoms with Crippen molar-refractivity contribution in [3.05, 3.63) is 23.8 Å². The number of rotatable bonds is 4. The van der Waals surface area contributed by atoms with Crippen molar-refractivity contribution in [2.75, 3.05) is 6.61 Å². The zero-order valence-electron chi connectivity index (χ0n) is 9.49. The highest BCUT2D eigenvalue weighted by Gasteiger charge is 2.15. The van der Waals surface area contributed by atoms with Crippen molar-refractivity contribution in [2.24, 2.45) is 5.92 Å². The summed E-state index contributed by atoms with van der Waals surface area (Å²) >= 11 is 0. The Morgan fingerprint density at radius 1 is 1.75 bits per heavy atom. The molecule has 0 aromatic heterocycles. The van der Waals surface area contributed by atoms with Crippen LogP contribution in [0.1, 0.15) is 26.2 Å². The molecule has 0 aliphatic heterocycles. The summed E-state index contributed by atoms with van der Waals surface area (Å²) in [5, 5.41) is 1.93. The van der Waals surface area contributed by atoms with Gasteiger partial charge in [0.2, 0.25) is 6.41 Å². The van der Waals surface area contributed by atoms with Crippen LogP contribution in [-0.2, 0) is 9.53 Å². The Hall–Kier alpha value is -1.58. The van der Waals surface area contributed by atoms with Gasteiger partial charge in [0.05, 0.1) is 0 Å². The van der Waals surface area contributed by atoms with Crippen molar-refractivity contribution in [1.29, 1.82) is 0 Å². The third-order valence-electron chi connectivity index (χ3n) is 2.77. The third-order valence-corrected chi connectivity index (χ3v) is 2.77. The third kappa shape index (κ3) is 3.88. The zero-order valence-corrected chi connectivity index (χ0v) is 9.49. The van der Waals surface area contributed by atoms with E-state index in [0.29, 0.717) is 12.3 Å². The number of ether oxygens (including phenoxy) is 1. The molecule has 0 heterocycles. The summed E-state index contributed by atoms with van der Waals surface area (Å²) in [5.41, 5.74) is 2.31. The van der Waals surface area contributed by atoms with Gasteiger partial charge in [-0.2, -0.15) is 0 Å². The summed E-state index contributed by atoms with van der Waals surface area (Å²) in [6.07, 6.45) is 4.65. The van der Waals surface area contributed by atoms with Crippen molar-refractivity contribution in [3.63, 3.8) is 0 Å². The van der Waals surface area contributed by atoms with Gasteiger partial charge in [-0.15, -0.1) is 0 Å². The molecular formula is C12H17NO3. The van der Waals surface area contributed by atoms with Crippen molar-refractivity contribution < 1.29 is 14.3 Å². The first kappa shape index (κ1) is 12.5. The Kier molecular flexibility index (Phi) is 4.76. The molecule has 0 radical (unpaired) electrons. The van der Waals surface area contributed by atoms with E-state index in [9.17, 15) is 9.59 Å². The molecule has 88 valence electrons. The number of alkyl carbamates (subject to hydrolysis) is 1. The second-order valence-corrected chi connectivity index (χ2v) is 4.02. The molecule has 1 unspecified atom stereocenters. The maximum atomic E-state index is 10.9. The Morgan fingerprint density at radius 2 is 2.50 bits per heavy atom. The largest absolute Gasteiger partial charge is 0.445 e. The van der Waals surface area contributed by atoms with Crippen LogP contribution in [0.2, 0.25) is 0 Å². The molecule has 1 aliphatic carbocycles. The maximum Gasteiger partial charge on any atom is 0.413 e. The van der Waals surface area contributed by atoms with Gasteiger partial charge in [0.25, 0.3) is 0 Å². The van der Waals surface area contributed by atoms with Crippen LogP contribution in [0.5, 0.6) is 0 Å². The molecule has 0 aromatic rings. The van der Waals surface area contributed by atoms with Gasteiger partial charge in [-0.1, -0.05) is 18.2 Å². The number of hydrogen-bond donors (Lipinski definition) is 1. The lowest BCUT2D eigenvalue weighted by Crippen LogP contribution is -2.23. The number of carbonyl (C=O) groups is 2. The average molecular weight is 223 g/mol. The molecule has 1 N–H and O–H groups in total. The molecule has 4 nitrogen and oxygen atoms in total. The lowest BCUT2D eigenvalue weighted by atomic mass is 9.86. The molecule has 0 bridgehead atoms. The molecule has 0 aromatic carbocycles. The number of hydrogen-bond acceptors (Lipinski definition) is 3. The fourth-order valence-corrected chi connectivity index (χ4v) is 1.72. The van der Waals surface area contributed by atoms with E-state index < -0.39 is 6.09 Å². The highest BCUT2D eigenvalue weighted by molar-refractivity contribution is 5.79. The fourth-order valence-electron chi connectivity index (χ4n) is 1.72. The number of amides is 2. The molecule has 4 heteroatoms. The van der Waals surface area contributed by atoms with Crippen LogP contribution in [0.3, 0.4) is 0 Å². The number of allylic oxidation sites excluding steroid dienone is 2. The van der Waals surface area contributed by atoms with E-state index in [4.69, 9.17) is 4.74 Å². The summed E-state index contributed by atoms with van der Waals surface area (Å²) in [6, 6.07) is 0. The highest BCUT2D eigenvalue weighted by atomic mass is 16.5. The minimum absolute atomic E-state index is 0.266. The predicted octanol–water partition coefficient (Wildman–Crippen LogP) is 2.17. The van der Waals surface area contributed by atoms with Gasteiger partial charge in [-0.05, 0) is 37.7 Å². The Balaban J connectivity index is 2.32. The minimum atomic E-state index is -0.696. The number of carbonyl (C=O) groups excluding carboxylic acids is 2. The van der Waals surface area contributed by atoms with E-state index in [2.05, 4.69) is 12.7 Å². The summed E-state index contributed by atoms with van der Waals surface area (Å²) in [6.45, 7) is 6.24. The van der Waals surface area contributed by atoms with E-state index in [1.807, 2.05) is 12.2 Å². The molecule has 0 fully saturated rings. The van der Waals surface area contributed by atoms with Crippen LogP contribution in [0.4, 0.5) is 4.79 Å².